The van der Waals surface area contributed by atoms with Crippen molar-refractivity contribution in [2.75, 3.05) is 50.1 Å². The van der Waals surface area contributed by atoms with Crippen molar-refractivity contribution in [1.82, 2.24) is 9.88 Å². The predicted molar refractivity (Wildman–Crippen MR) is 139 cm³/mol. The van der Waals surface area contributed by atoms with Crippen LogP contribution in [0.1, 0.15) is 15.9 Å². The Bertz CT molecular complexity index is 1290. The molecule has 2 aliphatic heterocycles. The van der Waals surface area contributed by atoms with Crippen molar-refractivity contribution in [2.24, 2.45) is 0 Å². The third kappa shape index (κ3) is 4.74. The SMILES string of the molecule is COc1cccc(C=C2Sc3ccc(C(=O)N4CCN(c5ccccn5)CC4)cc3N(C)C2=O)c1. The number of ether oxygens (including phenoxy) is 1. The van der Waals surface area contributed by atoms with Crippen LogP contribution in [0.25, 0.3) is 6.08 Å². The Labute approximate surface area is 209 Å². The number of benzene rings is 2. The van der Waals surface area contributed by atoms with Crippen molar-refractivity contribution in [3.63, 3.8) is 0 Å². The summed E-state index contributed by atoms with van der Waals surface area (Å²) in [4.78, 5) is 38.0. The molecule has 1 fully saturated rings. The van der Waals surface area contributed by atoms with Crippen LogP contribution in [0.2, 0.25) is 0 Å². The lowest BCUT2D eigenvalue weighted by molar-refractivity contribution is -0.114. The molecule has 3 aromatic rings. The average Bonchev–Trinajstić information content (AvgIpc) is 2.92. The number of thioether (sulfide) groups is 1. The van der Waals surface area contributed by atoms with Crippen LogP contribution >= 0.6 is 11.8 Å². The van der Waals surface area contributed by atoms with Gasteiger partial charge in [0.25, 0.3) is 11.8 Å². The van der Waals surface area contributed by atoms with Gasteiger partial charge < -0.3 is 19.4 Å². The quantitative estimate of drug-likeness (QED) is 0.516. The van der Waals surface area contributed by atoms with E-state index in [4.69, 9.17) is 4.74 Å². The van der Waals surface area contributed by atoms with Gasteiger partial charge in [0.2, 0.25) is 0 Å². The summed E-state index contributed by atoms with van der Waals surface area (Å²) in [7, 11) is 3.37. The highest BCUT2D eigenvalue weighted by molar-refractivity contribution is 8.04. The minimum absolute atomic E-state index is 0.0166. The first-order valence-corrected chi connectivity index (χ1v) is 12.3. The standard InChI is InChI=1S/C27H26N4O3S/c1-29-22-18-20(26(32)31-14-12-30(13-15-31)25-8-3-4-11-28-25)9-10-23(22)35-24(27(29)33)17-19-6-5-7-21(16-19)34-2/h3-11,16-18H,12-15H2,1-2H3. The number of aromatic nitrogens is 1. The van der Waals surface area contributed by atoms with Crippen LogP contribution in [0, 0.1) is 0 Å². The Kier molecular flexibility index (Phi) is 6.46. The number of carbonyl (C=O) groups excluding carboxylic acids is 2. The van der Waals surface area contributed by atoms with Crippen LogP contribution in [-0.2, 0) is 4.79 Å². The van der Waals surface area contributed by atoms with E-state index in [0.29, 0.717) is 23.6 Å². The minimum atomic E-state index is -0.0982. The molecule has 2 aromatic carbocycles. The molecule has 35 heavy (non-hydrogen) atoms. The summed E-state index contributed by atoms with van der Waals surface area (Å²) in [5.74, 6) is 1.56. The van der Waals surface area contributed by atoms with Crippen LogP contribution in [0.4, 0.5) is 11.5 Å². The number of anilines is 2. The van der Waals surface area contributed by atoms with Crippen LogP contribution < -0.4 is 14.5 Å². The number of fused-ring (bicyclic) bond motifs is 1. The number of carbonyl (C=O) groups is 2. The number of hydrogen-bond donors (Lipinski definition) is 0. The molecule has 0 saturated carbocycles. The van der Waals surface area contributed by atoms with E-state index in [1.807, 2.05) is 71.6 Å². The molecule has 0 radical (unpaired) electrons. The summed E-state index contributed by atoms with van der Waals surface area (Å²) in [5, 5.41) is 0. The topological polar surface area (TPSA) is 66.0 Å². The molecule has 8 heteroatoms. The summed E-state index contributed by atoms with van der Waals surface area (Å²) >= 11 is 1.42. The van der Waals surface area contributed by atoms with E-state index in [1.165, 1.54) is 11.8 Å². The largest absolute Gasteiger partial charge is 0.497 e. The van der Waals surface area contributed by atoms with Gasteiger partial charge in [-0.05, 0) is 54.1 Å². The Hall–Kier alpha value is -3.78. The zero-order valence-corrected chi connectivity index (χ0v) is 20.5. The van der Waals surface area contributed by atoms with Crippen LogP contribution in [0.3, 0.4) is 0 Å². The van der Waals surface area contributed by atoms with E-state index in [1.54, 1.807) is 25.3 Å². The Morgan fingerprint density at radius 2 is 1.86 bits per heavy atom. The molecule has 1 aromatic heterocycles. The summed E-state index contributed by atoms with van der Waals surface area (Å²) in [6.07, 6.45) is 3.65. The zero-order chi connectivity index (χ0) is 24.4. The average molecular weight is 487 g/mol. The van der Waals surface area contributed by atoms with Crippen molar-refractivity contribution in [1.29, 1.82) is 0 Å². The normalized spacial score (nSPS) is 16.9. The fourth-order valence-corrected chi connectivity index (χ4v) is 5.36. The second kappa shape index (κ2) is 9.84. The highest BCUT2D eigenvalue weighted by Gasteiger charge is 2.29. The zero-order valence-electron chi connectivity index (χ0n) is 19.7. The summed E-state index contributed by atoms with van der Waals surface area (Å²) < 4.78 is 5.29. The minimum Gasteiger partial charge on any atom is -0.497 e. The molecule has 5 rings (SSSR count). The van der Waals surface area contributed by atoms with E-state index < -0.39 is 0 Å². The predicted octanol–water partition coefficient (Wildman–Crippen LogP) is 4.16. The van der Waals surface area contributed by atoms with Crippen molar-refractivity contribution in [3.8, 4) is 5.75 Å². The van der Waals surface area contributed by atoms with Crippen LogP contribution in [0.15, 0.2) is 76.7 Å². The van der Waals surface area contributed by atoms with Gasteiger partial charge in [-0.25, -0.2) is 4.98 Å². The maximum absolute atomic E-state index is 13.2. The number of likely N-dealkylation sites (N-methyl/N-ethyl adjacent to an activating group) is 1. The number of hydrogen-bond acceptors (Lipinski definition) is 6. The van der Waals surface area contributed by atoms with Gasteiger partial charge in [0, 0.05) is 49.9 Å². The van der Waals surface area contributed by atoms with Crippen LogP contribution in [-0.4, -0.2) is 62.0 Å². The summed E-state index contributed by atoms with van der Waals surface area (Å²) in [5.41, 5.74) is 2.24. The third-order valence-electron chi connectivity index (χ3n) is 6.23. The summed E-state index contributed by atoms with van der Waals surface area (Å²) in [6.45, 7) is 2.73. The van der Waals surface area contributed by atoms with Gasteiger partial charge in [0.15, 0.2) is 0 Å². The monoisotopic (exact) mass is 486 g/mol. The van der Waals surface area contributed by atoms with Crippen molar-refractivity contribution in [3.05, 3.63) is 82.9 Å². The molecule has 0 atom stereocenters. The van der Waals surface area contributed by atoms with E-state index >= 15 is 0 Å². The second-order valence-electron chi connectivity index (χ2n) is 8.40. The molecule has 3 heterocycles. The van der Waals surface area contributed by atoms with Gasteiger partial charge in [-0.2, -0.15) is 0 Å². The van der Waals surface area contributed by atoms with Gasteiger partial charge >= 0.3 is 0 Å². The van der Waals surface area contributed by atoms with Crippen molar-refractivity contribution >= 4 is 41.2 Å². The summed E-state index contributed by atoms with van der Waals surface area (Å²) in [6, 6.07) is 19.1. The highest BCUT2D eigenvalue weighted by atomic mass is 32.2. The van der Waals surface area contributed by atoms with Crippen LogP contribution in [0.5, 0.6) is 5.75 Å². The fourth-order valence-electron chi connectivity index (χ4n) is 4.27. The van der Waals surface area contributed by atoms with Gasteiger partial charge in [-0.15, -0.1) is 0 Å². The van der Waals surface area contributed by atoms with E-state index in [-0.39, 0.29) is 11.8 Å². The van der Waals surface area contributed by atoms with E-state index in [0.717, 1.165) is 40.8 Å². The lowest BCUT2D eigenvalue weighted by Gasteiger charge is -2.35. The number of amides is 2. The van der Waals surface area contributed by atoms with Gasteiger partial charge in [0.1, 0.15) is 11.6 Å². The molecule has 0 spiro atoms. The molecule has 0 unspecified atom stereocenters. The van der Waals surface area contributed by atoms with Gasteiger partial charge in [-0.3, -0.25) is 9.59 Å². The second-order valence-corrected chi connectivity index (χ2v) is 9.48. The third-order valence-corrected chi connectivity index (χ3v) is 7.31. The number of nitrogens with zero attached hydrogens (tertiary/aromatic N) is 4. The maximum Gasteiger partial charge on any atom is 0.264 e. The smallest absolute Gasteiger partial charge is 0.264 e. The maximum atomic E-state index is 13.2. The Morgan fingerprint density at radius 1 is 1.03 bits per heavy atom. The molecular formula is C27H26N4O3S. The van der Waals surface area contributed by atoms with Gasteiger partial charge in [0.05, 0.1) is 17.7 Å². The van der Waals surface area contributed by atoms with E-state index in [9.17, 15) is 9.59 Å². The molecular weight excluding hydrogens is 460 g/mol. The first kappa shape index (κ1) is 23.0. The number of rotatable bonds is 4. The van der Waals surface area contributed by atoms with Crippen molar-refractivity contribution in [2.45, 2.75) is 4.90 Å². The molecule has 0 bridgehead atoms. The Balaban J connectivity index is 1.31. The lowest BCUT2D eigenvalue weighted by atomic mass is 10.1. The molecule has 0 N–H and O–H groups in total. The number of piperazine rings is 1. The van der Waals surface area contributed by atoms with Gasteiger partial charge in [-0.1, -0.05) is 30.0 Å². The molecule has 178 valence electrons. The first-order valence-electron chi connectivity index (χ1n) is 11.4. The number of pyridine rings is 1. The molecule has 7 nitrogen and oxygen atoms in total. The molecule has 0 aliphatic carbocycles. The fraction of sp³-hybridized carbons (Fsp3) is 0.222. The Morgan fingerprint density at radius 3 is 2.60 bits per heavy atom. The number of methoxy groups -OCH3 is 1. The molecule has 2 aliphatic rings. The lowest BCUT2D eigenvalue weighted by Crippen LogP contribution is -2.49. The first-order chi connectivity index (χ1) is 17.0. The molecule has 2 amide bonds. The highest BCUT2D eigenvalue weighted by Crippen LogP contribution is 2.42. The van der Waals surface area contributed by atoms with Crippen molar-refractivity contribution < 1.29 is 14.3 Å². The van der Waals surface area contributed by atoms with E-state index in [2.05, 4.69) is 9.88 Å². The molecule has 1 saturated heterocycles.